The average molecular weight is 158 g/mol. The lowest BCUT2D eigenvalue weighted by atomic mass is 10.2. The fraction of sp³-hybridized carbons (Fsp3) is 0.778. The van der Waals surface area contributed by atoms with E-state index in [1.54, 1.807) is 13.0 Å². The topological polar surface area (TPSA) is 40.5 Å². The molecule has 2 unspecified atom stereocenters. The van der Waals surface area contributed by atoms with Crippen molar-refractivity contribution in [2.24, 2.45) is 0 Å². The second-order valence-corrected chi connectivity index (χ2v) is 2.87. The minimum Gasteiger partial charge on any atom is -0.393 e. The quantitative estimate of drug-likeness (QED) is 0.595. The Hall–Kier alpha value is -0.340. The van der Waals surface area contributed by atoms with E-state index in [2.05, 4.69) is 0 Å². The van der Waals surface area contributed by atoms with Gasteiger partial charge in [-0.15, -0.1) is 0 Å². The molecule has 0 bridgehead atoms. The second-order valence-electron chi connectivity index (χ2n) is 2.87. The molecule has 0 aliphatic rings. The zero-order chi connectivity index (χ0) is 8.69. The van der Waals surface area contributed by atoms with Crippen molar-refractivity contribution in [3.05, 3.63) is 12.2 Å². The summed E-state index contributed by atoms with van der Waals surface area (Å²) in [6.45, 7) is 3.77. The summed E-state index contributed by atoms with van der Waals surface area (Å²) in [5.74, 6) is 0. The van der Waals surface area contributed by atoms with E-state index in [0.29, 0.717) is 6.42 Å². The van der Waals surface area contributed by atoms with Crippen LogP contribution >= 0.6 is 0 Å². The molecule has 0 rings (SSSR count). The zero-order valence-corrected chi connectivity index (χ0v) is 7.33. The molecular weight excluding hydrogens is 140 g/mol. The first-order valence-corrected chi connectivity index (χ1v) is 4.19. The van der Waals surface area contributed by atoms with Crippen LogP contribution in [-0.2, 0) is 0 Å². The molecule has 0 saturated carbocycles. The molecule has 0 amide bonds. The highest BCUT2D eigenvalue weighted by Gasteiger charge is 1.95. The Morgan fingerprint density at radius 2 is 2.00 bits per heavy atom. The van der Waals surface area contributed by atoms with E-state index in [0.717, 1.165) is 12.8 Å². The first kappa shape index (κ1) is 10.7. The second kappa shape index (κ2) is 6.38. The van der Waals surface area contributed by atoms with E-state index in [4.69, 9.17) is 5.11 Å². The summed E-state index contributed by atoms with van der Waals surface area (Å²) in [6.07, 6.45) is 5.34. The molecule has 0 saturated heterocycles. The van der Waals surface area contributed by atoms with Crippen molar-refractivity contribution in [1.82, 2.24) is 0 Å². The summed E-state index contributed by atoms with van der Waals surface area (Å²) in [5.41, 5.74) is 0. The van der Waals surface area contributed by atoms with Gasteiger partial charge in [-0.1, -0.05) is 25.5 Å². The molecule has 0 aliphatic heterocycles. The number of hydrogen-bond acceptors (Lipinski definition) is 2. The largest absolute Gasteiger partial charge is 0.393 e. The third-order valence-corrected chi connectivity index (χ3v) is 1.42. The highest BCUT2D eigenvalue weighted by atomic mass is 16.3. The molecule has 0 aliphatic carbocycles. The van der Waals surface area contributed by atoms with Gasteiger partial charge in [0, 0.05) is 0 Å². The Morgan fingerprint density at radius 3 is 2.45 bits per heavy atom. The van der Waals surface area contributed by atoms with Crippen LogP contribution in [0.5, 0.6) is 0 Å². The van der Waals surface area contributed by atoms with Crippen LogP contribution in [-0.4, -0.2) is 22.4 Å². The van der Waals surface area contributed by atoms with Gasteiger partial charge in [0.05, 0.1) is 12.2 Å². The van der Waals surface area contributed by atoms with Gasteiger partial charge in [0.15, 0.2) is 0 Å². The molecule has 0 aromatic heterocycles. The normalized spacial score (nSPS) is 17.1. The van der Waals surface area contributed by atoms with Gasteiger partial charge in [-0.25, -0.2) is 0 Å². The molecule has 2 heteroatoms. The molecule has 0 radical (unpaired) electrons. The van der Waals surface area contributed by atoms with Gasteiger partial charge in [0.2, 0.25) is 0 Å². The van der Waals surface area contributed by atoms with Crippen molar-refractivity contribution in [3.8, 4) is 0 Å². The molecular formula is C9H18O2. The van der Waals surface area contributed by atoms with Gasteiger partial charge in [-0.05, 0) is 19.8 Å². The first-order chi connectivity index (χ1) is 5.16. The maximum Gasteiger partial charge on any atom is 0.0720 e. The number of hydrogen-bond donors (Lipinski definition) is 2. The molecule has 66 valence electrons. The Kier molecular flexibility index (Phi) is 6.18. The van der Waals surface area contributed by atoms with Crippen LogP contribution in [0.25, 0.3) is 0 Å². The molecule has 2 nitrogen and oxygen atoms in total. The lowest BCUT2D eigenvalue weighted by Gasteiger charge is -2.02. The summed E-state index contributed by atoms with van der Waals surface area (Å²) in [4.78, 5) is 0. The molecule has 0 heterocycles. The molecule has 0 spiro atoms. The highest BCUT2D eigenvalue weighted by Crippen LogP contribution is 1.99. The van der Waals surface area contributed by atoms with Crippen molar-refractivity contribution in [3.63, 3.8) is 0 Å². The molecule has 2 atom stereocenters. The van der Waals surface area contributed by atoms with E-state index in [1.165, 1.54) is 0 Å². The summed E-state index contributed by atoms with van der Waals surface area (Å²) in [7, 11) is 0. The van der Waals surface area contributed by atoms with E-state index >= 15 is 0 Å². The van der Waals surface area contributed by atoms with Gasteiger partial charge >= 0.3 is 0 Å². The summed E-state index contributed by atoms with van der Waals surface area (Å²) in [5, 5.41) is 18.1. The maximum atomic E-state index is 9.19. The minimum absolute atomic E-state index is 0.305. The minimum atomic E-state index is -0.334. The lowest BCUT2D eigenvalue weighted by Crippen LogP contribution is -2.02. The van der Waals surface area contributed by atoms with Crippen molar-refractivity contribution < 1.29 is 10.2 Å². The summed E-state index contributed by atoms with van der Waals surface area (Å²) < 4.78 is 0. The third-order valence-electron chi connectivity index (χ3n) is 1.42. The predicted molar refractivity (Wildman–Crippen MR) is 46.4 cm³/mol. The summed E-state index contributed by atoms with van der Waals surface area (Å²) in [6, 6.07) is 0. The summed E-state index contributed by atoms with van der Waals surface area (Å²) >= 11 is 0. The van der Waals surface area contributed by atoms with Crippen LogP contribution in [0, 0.1) is 0 Å². The molecule has 0 aromatic rings. The maximum absolute atomic E-state index is 9.19. The van der Waals surface area contributed by atoms with Crippen molar-refractivity contribution in [2.75, 3.05) is 0 Å². The van der Waals surface area contributed by atoms with E-state index in [9.17, 15) is 5.11 Å². The standard InChI is InChI=1S/C9H18O2/c1-3-5-9(11)7-4-6-8(2)10/h4,7-11H,3,5-6H2,1-2H3. The SMILES string of the molecule is CCCC(O)C=CCC(C)O. The van der Waals surface area contributed by atoms with Crippen molar-refractivity contribution >= 4 is 0 Å². The Morgan fingerprint density at radius 1 is 1.36 bits per heavy atom. The molecule has 0 aromatic carbocycles. The predicted octanol–water partition coefficient (Wildman–Crippen LogP) is 1.47. The van der Waals surface area contributed by atoms with Gasteiger partial charge in [-0.2, -0.15) is 0 Å². The molecule has 0 fully saturated rings. The smallest absolute Gasteiger partial charge is 0.0720 e. The van der Waals surface area contributed by atoms with E-state index in [1.807, 2.05) is 13.0 Å². The van der Waals surface area contributed by atoms with Crippen LogP contribution in [0.1, 0.15) is 33.1 Å². The van der Waals surface area contributed by atoms with Crippen molar-refractivity contribution in [1.29, 1.82) is 0 Å². The van der Waals surface area contributed by atoms with E-state index < -0.39 is 0 Å². The molecule has 11 heavy (non-hydrogen) atoms. The zero-order valence-electron chi connectivity index (χ0n) is 7.33. The Labute approximate surface area is 68.6 Å². The Balaban J connectivity index is 3.39. The monoisotopic (exact) mass is 158 g/mol. The van der Waals surface area contributed by atoms with Gasteiger partial charge in [-0.3, -0.25) is 0 Å². The van der Waals surface area contributed by atoms with Crippen LogP contribution in [0.2, 0.25) is 0 Å². The van der Waals surface area contributed by atoms with Gasteiger partial charge in [0.25, 0.3) is 0 Å². The van der Waals surface area contributed by atoms with Crippen LogP contribution in [0.4, 0.5) is 0 Å². The number of aliphatic hydroxyl groups excluding tert-OH is 2. The lowest BCUT2D eigenvalue weighted by molar-refractivity contribution is 0.195. The molecule has 2 N–H and O–H groups in total. The fourth-order valence-electron chi connectivity index (χ4n) is 0.825. The van der Waals surface area contributed by atoms with Crippen LogP contribution < -0.4 is 0 Å². The van der Waals surface area contributed by atoms with Crippen LogP contribution in [0.3, 0.4) is 0 Å². The fourth-order valence-corrected chi connectivity index (χ4v) is 0.825. The van der Waals surface area contributed by atoms with Crippen LogP contribution in [0.15, 0.2) is 12.2 Å². The van der Waals surface area contributed by atoms with Gasteiger partial charge in [0.1, 0.15) is 0 Å². The van der Waals surface area contributed by atoms with E-state index in [-0.39, 0.29) is 12.2 Å². The van der Waals surface area contributed by atoms with Gasteiger partial charge < -0.3 is 10.2 Å². The number of rotatable bonds is 5. The number of aliphatic hydroxyl groups is 2. The van der Waals surface area contributed by atoms with Crippen molar-refractivity contribution in [2.45, 2.75) is 45.3 Å². The highest BCUT2D eigenvalue weighted by molar-refractivity contribution is 4.89. The third kappa shape index (κ3) is 7.56. The Bertz CT molecular complexity index is 108. The first-order valence-electron chi connectivity index (χ1n) is 4.19. The average Bonchev–Trinajstić information content (AvgIpc) is 1.87.